The fourth-order valence-corrected chi connectivity index (χ4v) is 7.38. The third-order valence-corrected chi connectivity index (χ3v) is 10.0. The Morgan fingerprint density at radius 1 is 1.19 bits per heavy atom. The Morgan fingerprint density at radius 3 is 2.71 bits per heavy atom. The number of aryl methyl sites for hydroxylation is 1. The molecule has 12 heteroatoms. The summed E-state index contributed by atoms with van der Waals surface area (Å²) >= 11 is 6.19. The van der Waals surface area contributed by atoms with E-state index in [1.165, 1.54) is 17.4 Å². The van der Waals surface area contributed by atoms with Crippen LogP contribution < -0.4 is 9.62 Å². The summed E-state index contributed by atoms with van der Waals surface area (Å²) in [6, 6.07) is 4.76. The first-order valence-electron chi connectivity index (χ1n) is 10.1. The summed E-state index contributed by atoms with van der Waals surface area (Å²) in [5, 5.41) is 3.99. The first-order valence-corrected chi connectivity index (χ1v) is 13.5. The number of fused-ring (bicyclic) bond motifs is 1. The lowest BCUT2D eigenvalue weighted by molar-refractivity contribution is 0.409. The summed E-state index contributed by atoms with van der Waals surface area (Å²) in [5.41, 5.74) is 2.42. The van der Waals surface area contributed by atoms with Crippen molar-refractivity contribution in [3.05, 3.63) is 40.7 Å². The van der Waals surface area contributed by atoms with E-state index < -0.39 is 25.3 Å². The van der Waals surface area contributed by atoms with Crippen LogP contribution in [0.5, 0.6) is 0 Å². The SMILES string of the molecule is CNS(=O)(=O)C1CCN(c2ccc(Cl)cc2S(=O)(=O)N2CCCc3c(cnn3C)C2)C1. The predicted molar refractivity (Wildman–Crippen MR) is 119 cm³/mol. The van der Waals surface area contributed by atoms with Crippen LogP contribution in [0.2, 0.25) is 5.02 Å². The Bertz CT molecular complexity index is 1200. The van der Waals surface area contributed by atoms with Crippen molar-refractivity contribution in [1.82, 2.24) is 18.8 Å². The van der Waals surface area contributed by atoms with Crippen molar-refractivity contribution in [2.45, 2.75) is 36.0 Å². The molecule has 1 atom stereocenters. The molecule has 1 fully saturated rings. The van der Waals surface area contributed by atoms with Gasteiger partial charge in [-0.1, -0.05) is 11.6 Å². The van der Waals surface area contributed by atoms with Gasteiger partial charge in [0.25, 0.3) is 0 Å². The molecule has 2 aromatic rings. The molecule has 31 heavy (non-hydrogen) atoms. The normalized spacial score (nSPS) is 20.6. The number of hydrogen-bond acceptors (Lipinski definition) is 6. The maximum Gasteiger partial charge on any atom is 0.245 e. The molecule has 2 aliphatic rings. The van der Waals surface area contributed by atoms with Crippen molar-refractivity contribution < 1.29 is 16.8 Å². The van der Waals surface area contributed by atoms with Gasteiger partial charge in [0, 0.05) is 49.5 Å². The van der Waals surface area contributed by atoms with E-state index in [1.54, 1.807) is 23.0 Å². The number of anilines is 1. The quantitative estimate of drug-likeness (QED) is 0.682. The lowest BCUT2D eigenvalue weighted by atomic mass is 10.2. The number of hydrogen-bond donors (Lipinski definition) is 1. The van der Waals surface area contributed by atoms with E-state index in [-0.39, 0.29) is 18.0 Å². The number of aromatic nitrogens is 2. The van der Waals surface area contributed by atoms with Crippen LogP contribution in [-0.2, 0) is 40.1 Å². The van der Waals surface area contributed by atoms with E-state index in [0.717, 1.165) is 17.7 Å². The van der Waals surface area contributed by atoms with Crippen molar-refractivity contribution in [3.8, 4) is 0 Å². The second kappa shape index (κ2) is 8.36. The molecule has 3 heterocycles. The molecule has 1 aromatic carbocycles. The molecule has 1 N–H and O–H groups in total. The van der Waals surface area contributed by atoms with Gasteiger partial charge in [-0.15, -0.1) is 0 Å². The highest BCUT2D eigenvalue weighted by Gasteiger charge is 2.36. The molecule has 1 aromatic heterocycles. The van der Waals surface area contributed by atoms with Gasteiger partial charge in [0.05, 0.1) is 17.1 Å². The second-order valence-electron chi connectivity index (χ2n) is 7.90. The van der Waals surface area contributed by atoms with E-state index in [0.29, 0.717) is 36.6 Å². The zero-order valence-corrected chi connectivity index (χ0v) is 19.8. The van der Waals surface area contributed by atoms with Gasteiger partial charge in [-0.25, -0.2) is 21.6 Å². The van der Waals surface area contributed by atoms with Crippen molar-refractivity contribution in [3.63, 3.8) is 0 Å². The van der Waals surface area contributed by atoms with Crippen LogP contribution in [0.15, 0.2) is 29.3 Å². The summed E-state index contributed by atoms with van der Waals surface area (Å²) in [7, 11) is -4.05. The van der Waals surface area contributed by atoms with Crippen LogP contribution in [0.25, 0.3) is 0 Å². The van der Waals surface area contributed by atoms with Gasteiger partial charge in [0.15, 0.2) is 0 Å². The Labute approximate surface area is 188 Å². The average molecular weight is 488 g/mol. The molecular weight excluding hydrogens is 462 g/mol. The van der Waals surface area contributed by atoms with E-state index >= 15 is 0 Å². The summed E-state index contributed by atoms with van der Waals surface area (Å²) in [6.45, 7) is 1.30. The average Bonchev–Trinajstić information content (AvgIpc) is 3.29. The molecular formula is C19H26ClN5O4S2. The molecule has 170 valence electrons. The summed E-state index contributed by atoms with van der Waals surface area (Å²) < 4.78 is 57.5. The van der Waals surface area contributed by atoms with Gasteiger partial charge in [0.2, 0.25) is 20.0 Å². The number of halogens is 1. The van der Waals surface area contributed by atoms with Gasteiger partial charge >= 0.3 is 0 Å². The smallest absolute Gasteiger partial charge is 0.245 e. The number of sulfonamides is 2. The molecule has 0 amide bonds. The Hall–Kier alpha value is -1.66. The molecule has 0 saturated carbocycles. The number of nitrogens with zero attached hydrogens (tertiary/aromatic N) is 4. The minimum absolute atomic E-state index is 0.106. The Balaban J connectivity index is 1.69. The molecule has 9 nitrogen and oxygen atoms in total. The predicted octanol–water partition coefficient (Wildman–Crippen LogP) is 1.34. The molecule has 1 saturated heterocycles. The van der Waals surface area contributed by atoms with Crippen molar-refractivity contribution >= 4 is 37.3 Å². The molecule has 1 unspecified atom stereocenters. The first-order chi connectivity index (χ1) is 14.6. The van der Waals surface area contributed by atoms with Crippen molar-refractivity contribution in [2.75, 3.05) is 31.6 Å². The summed E-state index contributed by atoms with van der Waals surface area (Å²) in [5.74, 6) is 0. The molecule has 0 aliphatic carbocycles. The summed E-state index contributed by atoms with van der Waals surface area (Å²) in [6.07, 6.45) is 3.59. The highest BCUT2D eigenvalue weighted by Crippen LogP contribution is 2.35. The van der Waals surface area contributed by atoms with E-state index in [9.17, 15) is 16.8 Å². The fourth-order valence-electron chi connectivity index (χ4n) is 4.32. The van der Waals surface area contributed by atoms with Gasteiger partial charge in [-0.2, -0.15) is 9.40 Å². The third-order valence-electron chi connectivity index (χ3n) is 6.06. The zero-order valence-electron chi connectivity index (χ0n) is 17.5. The van der Waals surface area contributed by atoms with Crippen molar-refractivity contribution in [1.29, 1.82) is 0 Å². The first kappa shape index (κ1) is 22.5. The molecule has 0 spiro atoms. The fraction of sp³-hybridized carbons (Fsp3) is 0.526. The topological polar surface area (TPSA) is 105 Å². The maximum absolute atomic E-state index is 13.7. The van der Waals surface area contributed by atoms with Gasteiger partial charge < -0.3 is 4.90 Å². The van der Waals surface area contributed by atoms with E-state index in [1.807, 2.05) is 11.9 Å². The second-order valence-corrected chi connectivity index (χ2v) is 12.4. The van der Waals surface area contributed by atoms with E-state index in [2.05, 4.69) is 9.82 Å². The van der Waals surface area contributed by atoms with Gasteiger partial charge in [-0.05, 0) is 44.5 Å². The standard InChI is InChI=1S/C19H26ClN5O4S2/c1-21-30(26,27)16-7-9-24(13-16)18-6-5-15(20)10-19(18)31(28,29)25-8-3-4-17-14(12-25)11-22-23(17)2/h5-6,10-11,16,21H,3-4,7-9,12-13H2,1-2H3. The molecule has 4 rings (SSSR count). The van der Waals surface area contributed by atoms with E-state index in [4.69, 9.17) is 11.6 Å². The highest BCUT2D eigenvalue weighted by molar-refractivity contribution is 7.90. The molecule has 0 bridgehead atoms. The Morgan fingerprint density at radius 2 is 1.97 bits per heavy atom. The van der Waals surface area contributed by atoms with Crippen LogP contribution in [0.4, 0.5) is 5.69 Å². The van der Waals surface area contributed by atoms with Gasteiger partial charge in [0.1, 0.15) is 4.90 Å². The highest BCUT2D eigenvalue weighted by atomic mass is 35.5. The van der Waals surface area contributed by atoms with Crippen molar-refractivity contribution in [2.24, 2.45) is 7.05 Å². The third kappa shape index (κ3) is 4.21. The Kier molecular flexibility index (Phi) is 6.08. The largest absolute Gasteiger partial charge is 0.369 e. The maximum atomic E-state index is 13.7. The zero-order chi connectivity index (χ0) is 22.4. The van der Waals surface area contributed by atoms with Crippen LogP contribution >= 0.6 is 11.6 Å². The van der Waals surface area contributed by atoms with Gasteiger partial charge in [-0.3, -0.25) is 4.68 Å². The minimum atomic E-state index is -3.86. The lowest BCUT2D eigenvalue weighted by Gasteiger charge is -2.26. The minimum Gasteiger partial charge on any atom is -0.369 e. The number of benzene rings is 1. The number of nitrogens with one attached hydrogen (secondary N) is 1. The number of rotatable bonds is 5. The lowest BCUT2D eigenvalue weighted by Crippen LogP contribution is -2.35. The van der Waals surface area contributed by atoms with Crippen LogP contribution in [0.1, 0.15) is 24.1 Å². The monoisotopic (exact) mass is 487 g/mol. The van der Waals surface area contributed by atoms with Crippen LogP contribution in [0, 0.1) is 0 Å². The van der Waals surface area contributed by atoms with Crippen LogP contribution in [0.3, 0.4) is 0 Å². The molecule has 2 aliphatic heterocycles. The summed E-state index contributed by atoms with van der Waals surface area (Å²) in [4.78, 5) is 1.92. The molecule has 0 radical (unpaired) electrons. The van der Waals surface area contributed by atoms with Crippen LogP contribution in [-0.4, -0.2) is 62.9 Å².